The Hall–Kier alpha value is 0. The van der Waals surface area contributed by atoms with Gasteiger partial charge in [0.05, 0.1) is 0 Å². The van der Waals surface area contributed by atoms with Crippen LogP contribution in [0, 0.1) is 35.0 Å². The Balaban J connectivity index is 3.12. The molecule has 1 aliphatic rings. The van der Waals surface area contributed by atoms with Gasteiger partial charge < -0.3 is 0 Å². The van der Waals surface area contributed by atoms with Crippen molar-refractivity contribution in [2.75, 3.05) is 0 Å². The first-order valence-corrected chi connectivity index (χ1v) is 12.9. The minimum Gasteiger partial charge on any atom is -0.0654 e. The maximum absolute atomic E-state index is 2.71. The topological polar surface area (TPSA) is 0 Å². The van der Waals surface area contributed by atoms with Crippen LogP contribution in [0.2, 0.25) is 0 Å². The predicted molar refractivity (Wildman–Crippen MR) is 124 cm³/mol. The molecule has 4 atom stereocenters. The minimum atomic E-state index is 0.587. The van der Waals surface area contributed by atoms with Crippen LogP contribution in [0.1, 0.15) is 138 Å². The Morgan fingerprint density at radius 1 is 0.778 bits per heavy atom. The van der Waals surface area contributed by atoms with Crippen LogP contribution in [0.4, 0.5) is 0 Å². The maximum Gasteiger partial charge on any atom is -0.0243 e. The van der Waals surface area contributed by atoms with Gasteiger partial charge in [0, 0.05) is 0 Å². The van der Waals surface area contributed by atoms with E-state index in [1.54, 1.807) is 0 Å². The van der Waals surface area contributed by atoms with Gasteiger partial charge in [-0.15, -0.1) is 0 Å². The molecule has 1 saturated carbocycles. The lowest BCUT2D eigenvalue weighted by Gasteiger charge is -2.49. The molecule has 0 bridgehead atoms. The van der Waals surface area contributed by atoms with Gasteiger partial charge in [-0.2, -0.15) is 0 Å². The Morgan fingerprint density at radius 3 is 1.89 bits per heavy atom. The van der Waals surface area contributed by atoms with Crippen molar-refractivity contribution in [3.8, 4) is 0 Å². The molecule has 0 aliphatic heterocycles. The van der Waals surface area contributed by atoms with Crippen molar-refractivity contribution in [2.45, 2.75) is 138 Å². The van der Waals surface area contributed by atoms with Crippen molar-refractivity contribution in [2.24, 2.45) is 35.0 Å². The van der Waals surface area contributed by atoms with Gasteiger partial charge in [0.1, 0.15) is 0 Å². The summed E-state index contributed by atoms with van der Waals surface area (Å²) in [6.45, 7) is 17.4. The van der Waals surface area contributed by atoms with Crippen molar-refractivity contribution in [3.63, 3.8) is 0 Å². The molecule has 162 valence electrons. The van der Waals surface area contributed by atoms with E-state index in [1.807, 2.05) is 0 Å². The van der Waals surface area contributed by atoms with Crippen molar-refractivity contribution in [3.05, 3.63) is 0 Å². The molecule has 0 nitrogen and oxygen atoms in total. The van der Waals surface area contributed by atoms with Gasteiger partial charge in [-0.3, -0.25) is 0 Å². The molecule has 0 aromatic carbocycles. The molecule has 0 aromatic heterocycles. The molecule has 0 spiro atoms. The third-order valence-corrected chi connectivity index (χ3v) is 8.47. The van der Waals surface area contributed by atoms with Gasteiger partial charge in [-0.1, -0.05) is 119 Å². The number of unbranched alkanes of at least 4 members (excludes halogenated alkanes) is 3. The summed E-state index contributed by atoms with van der Waals surface area (Å²) in [6.07, 6.45) is 20.3. The predicted octanol–water partition coefficient (Wildman–Crippen LogP) is 9.67. The van der Waals surface area contributed by atoms with E-state index in [9.17, 15) is 0 Å². The first kappa shape index (κ1) is 25.0. The van der Waals surface area contributed by atoms with Gasteiger partial charge in [0.15, 0.2) is 0 Å². The highest BCUT2D eigenvalue weighted by atomic mass is 14.5. The van der Waals surface area contributed by atoms with Crippen molar-refractivity contribution >= 4 is 0 Å². The summed E-state index contributed by atoms with van der Waals surface area (Å²) < 4.78 is 0. The van der Waals surface area contributed by atoms with Gasteiger partial charge in [-0.25, -0.2) is 0 Å². The molecule has 0 radical (unpaired) electrons. The van der Waals surface area contributed by atoms with Crippen LogP contribution >= 0.6 is 0 Å². The van der Waals surface area contributed by atoms with Crippen LogP contribution in [0.15, 0.2) is 0 Å². The molecule has 0 aromatic rings. The molecule has 0 saturated heterocycles. The summed E-state index contributed by atoms with van der Waals surface area (Å²) in [5.41, 5.74) is 0.587. The van der Waals surface area contributed by atoms with Crippen LogP contribution < -0.4 is 0 Å². The zero-order chi connectivity index (χ0) is 20.3. The monoisotopic (exact) mass is 378 g/mol. The first-order valence-electron chi connectivity index (χ1n) is 12.9. The minimum absolute atomic E-state index is 0.587. The summed E-state index contributed by atoms with van der Waals surface area (Å²) in [6, 6.07) is 0. The second-order valence-corrected chi connectivity index (χ2v) is 10.6. The number of hydrogen-bond donors (Lipinski definition) is 0. The second kappa shape index (κ2) is 13.3. The quantitative estimate of drug-likeness (QED) is 0.249. The third-order valence-electron chi connectivity index (χ3n) is 8.47. The SMILES string of the molecule is CCCCCC(CCCC)(C(C)CC)C(C)C(CCC(C)C)C1CCCC1. The van der Waals surface area contributed by atoms with E-state index in [-0.39, 0.29) is 0 Å². The molecule has 0 heteroatoms. The molecular weight excluding hydrogens is 324 g/mol. The van der Waals surface area contributed by atoms with Crippen molar-refractivity contribution in [1.82, 2.24) is 0 Å². The smallest absolute Gasteiger partial charge is 0.0243 e. The van der Waals surface area contributed by atoms with Crippen LogP contribution in [-0.2, 0) is 0 Å². The third kappa shape index (κ3) is 7.40. The summed E-state index contributed by atoms with van der Waals surface area (Å²) in [5, 5.41) is 0. The van der Waals surface area contributed by atoms with Gasteiger partial charge in [0.25, 0.3) is 0 Å². The second-order valence-electron chi connectivity index (χ2n) is 10.6. The van der Waals surface area contributed by atoms with E-state index in [0.29, 0.717) is 5.41 Å². The summed E-state index contributed by atoms with van der Waals surface area (Å²) in [4.78, 5) is 0. The summed E-state index contributed by atoms with van der Waals surface area (Å²) >= 11 is 0. The Kier molecular flexibility index (Phi) is 12.3. The lowest BCUT2D eigenvalue weighted by molar-refractivity contribution is -0.000198. The maximum atomic E-state index is 2.71. The van der Waals surface area contributed by atoms with Gasteiger partial charge in [0.2, 0.25) is 0 Å². The molecule has 4 unspecified atom stereocenters. The number of hydrogen-bond acceptors (Lipinski definition) is 0. The van der Waals surface area contributed by atoms with E-state index >= 15 is 0 Å². The van der Waals surface area contributed by atoms with E-state index in [2.05, 4.69) is 48.5 Å². The van der Waals surface area contributed by atoms with E-state index in [0.717, 1.165) is 29.6 Å². The molecule has 1 fully saturated rings. The summed E-state index contributed by atoms with van der Waals surface area (Å²) in [5.74, 6) is 4.63. The number of rotatable bonds is 15. The molecule has 0 N–H and O–H groups in total. The fourth-order valence-corrected chi connectivity index (χ4v) is 6.37. The average Bonchev–Trinajstić information content (AvgIpc) is 3.18. The molecule has 1 aliphatic carbocycles. The van der Waals surface area contributed by atoms with E-state index in [1.165, 1.54) is 89.9 Å². The molecule has 27 heavy (non-hydrogen) atoms. The zero-order valence-corrected chi connectivity index (χ0v) is 20.3. The average molecular weight is 379 g/mol. The highest BCUT2D eigenvalue weighted by Crippen LogP contribution is 2.53. The molecular formula is C27H54. The highest BCUT2D eigenvalue weighted by Gasteiger charge is 2.44. The zero-order valence-electron chi connectivity index (χ0n) is 20.3. The van der Waals surface area contributed by atoms with Crippen LogP contribution in [0.3, 0.4) is 0 Å². The fourth-order valence-electron chi connectivity index (χ4n) is 6.37. The van der Waals surface area contributed by atoms with E-state index in [4.69, 9.17) is 0 Å². The lowest BCUT2D eigenvalue weighted by atomic mass is 9.56. The molecule has 0 heterocycles. The van der Waals surface area contributed by atoms with E-state index < -0.39 is 0 Å². The normalized spacial score (nSPS) is 21.3. The van der Waals surface area contributed by atoms with Gasteiger partial charge in [-0.05, 0) is 54.3 Å². The van der Waals surface area contributed by atoms with Crippen LogP contribution in [-0.4, -0.2) is 0 Å². The lowest BCUT2D eigenvalue weighted by Crippen LogP contribution is -2.41. The van der Waals surface area contributed by atoms with Crippen molar-refractivity contribution in [1.29, 1.82) is 0 Å². The molecule has 0 amide bonds. The van der Waals surface area contributed by atoms with Crippen LogP contribution in [0.5, 0.6) is 0 Å². The fraction of sp³-hybridized carbons (Fsp3) is 1.00. The van der Waals surface area contributed by atoms with Crippen LogP contribution in [0.25, 0.3) is 0 Å². The van der Waals surface area contributed by atoms with Gasteiger partial charge >= 0.3 is 0 Å². The first-order chi connectivity index (χ1) is 12.9. The Bertz CT molecular complexity index is 351. The summed E-state index contributed by atoms with van der Waals surface area (Å²) in [7, 11) is 0. The molecule has 1 rings (SSSR count). The highest BCUT2D eigenvalue weighted by molar-refractivity contribution is 4.94. The largest absolute Gasteiger partial charge is 0.0654 e. The Labute approximate surface area is 173 Å². The van der Waals surface area contributed by atoms with Crippen molar-refractivity contribution < 1.29 is 0 Å². The Morgan fingerprint density at radius 2 is 1.37 bits per heavy atom. The standard InChI is InChI=1S/C27H54/c1-8-11-15-21-27(20-12-9-2,23(6)10-3)24(7)26(19-18-22(4)5)25-16-13-14-17-25/h22-26H,8-21H2,1-7H3.